The van der Waals surface area contributed by atoms with Gasteiger partial charge >= 0.3 is 6.18 Å². The number of halogens is 3. The molecule has 2 rings (SSSR count). The van der Waals surface area contributed by atoms with Gasteiger partial charge in [-0.3, -0.25) is 0 Å². The van der Waals surface area contributed by atoms with E-state index in [2.05, 4.69) is 5.32 Å². The summed E-state index contributed by atoms with van der Waals surface area (Å²) >= 11 is 0. The number of alkyl halides is 3. The lowest BCUT2D eigenvalue weighted by Crippen LogP contribution is -2.22. The third kappa shape index (κ3) is 3.67. The van der Waals surface area contributed by atoms with Crippen molar-refractivity contribution in [3.05, 3.63) is 59.0 Å². The van der Waals surface area contributed by atoms with Crippen molar-refractivity contribution in [2.24, 2.45) is 0 Å². The number of furan rings is 1. The lowest BCUT2D eigenvalue weighted by molar-refractivity contribution is -0.137. The standard InChI is InChI=1S/C16H18F3NO/c1-3-13-8-9-14(21-13)15(20-4-2)11-6-5-7-12(10-11)16(17,18)19/h5-10,15,20H,3-4H2,1-2H3. The molecule has 1 aromatic heterocycles. The number of aryl methyl sites for hydroxylation is 1. The van der Waals surface area contributed by atoms with Gasteiger partial charge in [0.25, 0.3) is 0 Å². The van der Waals surface area contributed by atoms with Gasteiger partial charge in [-0.15, -0.1) is 0 Å². The summed E-state index contributed by atoms with van der Waals surface area (Å²) in [5, 5.41) is 3.17. The first-order chi connectivity index (χ1) is 9.95. The third-order valence-corrected chi connectivity index (χ3v) is 3.27. The molecule has 0 fully saturated rings. The molecular formula is C16H18F3NO. The van der Waals surface area contributed by atoms with Crippen LogP contribution in [-0.4, -0.2) is 6.54 Å². The monoisotopic (exact) mass is 297 g/mol. The minimum atomic E-state index is -4.34. The predicted molar refractivity (Wildman–Crippen MR) is 75.0 cm³/mol. The van der Waals surface area contributed by atoms with Gasteiger partial charge in [-0.25, -0.2) is 0 Å². The Kier molecular flexibility index (Phi) is 4.73. The summed E-state index contributed by atoms with van der Waals surface area (Å²) in [7, 11) is 0. The first kappa shape index (κ1) is 15.6. The van der Waals surface area contributed by atoms with E-state index in [0.717, 1.165) is 18.2 Å². The molecule has 5 heteroatoms. The van der Waals surface area contributed by atoms with E-state index >= 15 is 0 Å². The van der Waals surface area contributed by atoms with Crippen molar-refractivity contribution in [1.29, 1.82) is 0 Å². The molecule has 1 N–H and O–H groups in total. The first-order valence-corrected chi connectivity index (χ1v) is 6.94. The second kappa shape index (κ2) is 6.35. The number of hydrogen-bond donors (Lipinski definition) is 1. The maximum absolute atomic E-state index is 12.8. The van der Waals surface area contributed by atoms with Crippen LogP contribution in [0.2, 0.25) is 0 Å². The molecule has 0 bridgehead atoms. The van der Waals surface area contributed by atoms with Crippen molar-refractivity contribution in [2.75, 3.05) is 6.54 Å². The van der Waals surface area contributed by atoms with Crippen molar-refractivity contribution < 1.29 is 17.6 Å². The van der Waals surface area contributed by atoms with Crippen molar-refractivity contribution >= 4 is 0 Å². The highest BCUT2D eigenvalue weighted by molar-refractivity contribution is 5.32. The molecule has 0 aliphatic rings. The van der Waals surface area contributed by atoms with Crippen LogP contribution in [0.1, 0.15) is 42.5 Å². The van der Waals surface area contributed by atoms with Crippen LogP contribution in [0.25, 0.3) is 0 Å². The minimum absolute atomic E-state index is 0.377. The van der Waals surface area contributed by atoms with E-state index in [0.29, 0.717) is 17.9 Å². The fourth-order valence-electron chi connectivity index (χ4n) is 2.22. The van der Waals surface area contributed by atoms with Crippen LogP contribution in [0.15, 0.2) is 40.8 Å². The Hall–Kier alpha value is -1.75. The summed E-state index contributed by atoms with van der Waals surface area (Å²) in [6, 6.07) is 8.63. The van der Waals surface area contributed by atoms with Crippen LogP contribution in [0.5, 0.6) is 0 Å². The summed E-state index contributed by atoms with van der Waals surface area (Å²) in [5.41, 5.74) is -0.103. The van der Waals surface area contributed by atoms with Gasteiger partial charge < -0.3 is 9.73 Å². The summed E-state index contributed by atoms with van der Waals surface area (Å²) < 4.78 is 44.2. The minimum Gasteiger partial charge on any atom is -0.464 e. The van der Waals surface area contributed by atoms with E-state index in [9.17, 15) is 13.2 Å². The Labute approximate surface area is 122 Å². The molecule has 0 spiro atoms. The highest BCUT2D eigenvalue weighted by Gasteiger charge is 2.31. The Bertz CT molecular complexity index is 589. The zero-order valence-electron chi connectivity index (χ0n) is 12.0. The van der Waals surface area contributed by atoms with Crippen LogP contribution < -0.4 is 5.32 Å². The van der Waals surface area contributed by atoms with Gasteiger partial charge in [-0.2, -0.15) is 13.2 Å². The van der Waals surface area contributed by atoms with Crippen LogP contribution in [-0.2, 0) is 12.6 Å². The molecule has 1 heterocycles. The van der Waals surface area contributed by atoms with Crippen LogP contribution in [0, 0.1) is 0 Å². The molecule has 114 valence electrons. The Morgan fingerprint density at radius 2 is 1.90 bits per heavy atom. The fraction of sp³-hybridized carbons (Fsp3) is 0.375. The zero-order chi connectivity index (χ0) is 15.5. The molecule has 2 nitrogen and oxygen atoms in total. The van der Waals surface area contributed by atoms with Gasteiger partial charge in [0.1, 0.15) is 11.5 Å². The molecule has 0 aliphatic carbocycles. The third-order valence-electron chi connectivity index (χ3n) is 3.27. The lowest BCUT2D eigenvalue weighted by atomic mass is 10.0. The van der Waals surface area contributed by atoms with Gasteiger partial charge in [-0.05, 0) is 36.4 Å². The Balaban J connectivity index is 2.38. The molecule has 21 heavy (non-hydrogen) atoms. The van der Waals surface area contributed by atoms with E-state index in [1.807, 2.05) is 26.0 Å². The predicted octanol–water partition coefficient (Wildman–Crippen LogP) is 4.56. The smallest absolute Gasteiger partial charge is 0.416 e. The quantitative estimate of drug-likeness (QED) is 0.875. The summed E-state index contributed by atoms with van der Waals surface area (Å²) in [5.74, 6) is 1.45. The molecule has 1 atom stereocenters. The number of rotatable bonds is 5. The average molecular weight is 297 g/mol. The first-order valence-electron chi connectivity index (χ1n) is 6.94. The van der Waals surface area contributed by atoms with Crippen molar-refractivity contribution in [1.82, 2.24) is 5.32 Å². The summed E-state index contributed by atoms with van der Waals surface area (Å²) in [6.07, 6.45) is -3.59. The molecule has 0 amide bonds. The van der Waals surface area contributed by atoms with Crippen molar-refractivity contribution in [3.8, 4) is 0 Å². The molecule has 2 aromatic rings. The second-order valence-corrected chi connectivity index (χ2v) is 4.77. The van der Waals surface area contributed by atoms with E-state index in [1.165, 1.54) is 12.1 Å². The SMILES string of the molecule is CCNC(c1cccc(C(F)(F)F)c1)c1ccc(CC)o1. The summed E-state index contributed by atoms with van der Waals surface area (Å²) in [6.45, 7) is 4.50. The highest BCUT2D eigenvalue weighted by atomic mass is 19.4. The Morgan fingerprint density at radius 1 is 1.14 bits per heavy atom. The van der Waals surface area contributed by atoms with Gasteiger partial charge in [0.2, 0.25) is 0 Å². The summed E-state index contributed by atoms with van der Waals surface area (Å²) in [4.78, 5) is 0. The maximum Gasteiger partial charge on any atom is 0.416 e. The van der Waals surface area contributed by atoms with E-state index in [-0.39, 0.29) is 6.04 Å². The van der Waals surface area contributed by atoms with Crippen LogP contribution >= 0.6 is 0 Å². The van der Waals surface area contributed by atoms with Gasteiger partial charge in [0.15, 0.2) is 0 Å². The average Bonchev–Trinajstić information content (AvgIpc) is 2.92. The van der Waals surface area contributed by atoms with E-state index in [1.54, 1.807) is 6.07 Å². The zero-order valence-corrected chi connectivity index (χ0v) is 12.0. The van der Waals surface area contributed by atoms with Gasteiger partial charge in [-0.1, -0.05) is 26.0 Å². The van der Waals surface area contributed by atoms with Crippen LogP contribution in [0.3, 0.4) is 0 Å². The largest absolute Gasteiger partial charge is 0.464 e. The molecule has 0 saturated carbocycles. The molecule has 0 saturated heterocycles. The molecular weight excluding hydrogens is 279 g/mol. The normalized spacial score (nSPS) is 13.4. The number of nitrogens with one attached hydrogen (secondary N) is 1. The Morgan fingerprint density at radius 3 is 2.48 bits per heavy atom. The fourth-order valence-corrected chi connectivity index (χ4v) is 2.22. The number of hydrogen-bond acceptors (Lipinski definition) is 2. The van der Waals surface area contributed by atoms with Crippen molar-refractivity contribution in [3.63, 3.8) is 0 Å². The lowest BCUT2D eigenvalue weighted by Gasteiger charge is -2.17. The molecule has 1 unspecified atom stereocenters. The molecule has 0 aliphatic heterocycles. The molecule has 1 aromatic carbocycles. The van der Waals surface area contributed by atoms with Gasteiger partial charge in [0, 0.05) is 6.42 Å². The van der Waals surface area contributed by atoms with E-state index < -0.39 is 11.7 Å². The second-order valence-electron chi connectivity index (χ2n) is 4.77. The van der Waals surface area contributed by atoms with Crippen molar-refractivity contribution in [2.45, 2.75) is 32.5 Å². The maximum atomic E-state index is 12.8. The topological polar surface area (TPSA) is 25.2 Å². The van der Waals surface area contributed by atoms with E-state index in [4.69, 9.17) is 4.42 Å². The molecule has 0 radical (unpaired) electrons. The highest BCUT2D eigenvalue weighted by Crippen LogP contribution is 2.32. The van der Waals surface area contributed by atoms with Crippen LogP contribution in [0.4, 0.5) is 13.2 Å². The number of benzene rings is 1. The van der Waals surface area contributed by atoms with Gasteiger partial charge in [0.05, 0.1) is 11.6 Å².